The molecule has 0 spiro atoms. The number of para-hydroxylation sites is 1. The summed E-state index contributed by atoms with van der Waals surface area (Å²) in [5.74, 6) is -1.47. The molecule has 1 aliphatic rings. The number of rotatable bonds is 6. The van der Waals surface area contributed by atoms with E-state index in [2.05, 4.69) is 0 Å². The number of hydrogen-bond donors (Lipinski definition) is 1. The van der Waals surface area contributed by atoms with Gasteiger partial charge in [-0.1, -0.05) is 25.1 Å². The summed E-state index contributed by atoms with van der Waals surface area (Å²) in [5.41, 5.74) is 1.69. The van der Waals surface area contributed by atoms with Gasteiger partial charge >= 0.3 is 5.97 Å². The number of hydrogen-bond acceptors (Lipinski definition) is 2. The summed E-state index contributed by atoms with van der Waals surface area (Å²) >= 11 is 0. The molecule has 3 rings (SSSR count). The first kappa shape index (κ1) is 15.6. The molecule has 5 heteroatoms. The Morgan fingerprint density at radius 3 is 2.65 bits per heavy atom. The topological polar surface area (TPSA) is 62.5 Å². The van der Waals surface area contributed by atoms with Gasteiger partial charge in [-0.05, 0) is 31.9 Å². The highest BCUT2D eigenvalue weighted by molar-refractivity contribution is 5.99. The monoisotopic (exact) mass is 314 g/mol. The van der Waals surface area contributed by atoms with Gasteiger partial charge in [-0.15, -0.1) is 0 Å². The van der Waals surface area contributed by atoms with E-state index in [1.807, 2.05) is 41.8 Å². The number of carboxylic acids is 1. The molecule has 1 aliphatic carbocycles. The number of fused-ring (bicyclic) bond motifs is 1. The van der Waals surface area contributed by atoms with Crippen LogP contribution in [0.3, 0.4) is 0 Å². The molecule has 1 aromatic carbocycles. The minimum Gasteiger partial charge on any atom is -0.481 e. The van der Waals surface area contributed by atoms with Crippen LogP contribution in [-0.4, -0.2) is 39.0 Å². The van der Waals surface area contributed by atoms with Crippen LogP contribution in [0.5, 0.6) is 0 Å². The Morgan fingerprint density at radius 2 is 2.04 bits per heavy atom. The molecule has 0 aliphatic heterocycles. The lowest BCUT2D eigenvalue weighted by molar-refractivity contribution is -0.141. The van der Waals surface area contributed by atoms with Crippen LogP contribution in [0.2, 0.25) is 0 Å². The highest BCUT2D eigenvalue weighted by Crippen LogP contribution is 2.30. The highest BCUT2D eigenvalue weighted by atomic mass is 16.4. The van der Waals surface area contributed by atoms with Gasteiger partial charge in [0, 0.05) is 30.0 Å². The Labute approximate surface area is 135 Å². The normalized spacial score (nSPS) is 15.6. The summed E-state index contributed by atoms with van der Waals surface area (Å²) in [4.78, 5) is 26.0. The second kappa shape index (κ2) is 6.07. The Bertz CT molecular complexity index is 746. The van der Waals surface area contributed by atoms with Crippen molar-refractivity contribution in [2.45, 2.75) is 39.3 Å². The molecular weight excluding hydrogens is 292 g/mol. The first-order chi connectivity index (χ1) is 11.0. The van der Waals surface area contributed by atoms with E-state index in [0.717, 1.165) is 23.7 Å². The summed E-state index contributed by atoms with van der Waals surface area (Å²) in [6.07, 6.45) is 1.93. The summed E-state index contributed by atoms with van der Waals surface area (Å²) < 4.78 is 2.01. The van der Waals surface area contributed by atoms with Crippen LogP contribution in [0.15, 0.2) is 30.3 Å². The standard InChI is InChI=1S/C18H22N2O3/c1-3-19-15-7-5-4-6-13(15)10-16(19)17(21)20(14-8-9-14)11-12(2)18(22)23/h4-7,10,12,14H,3,8-9,11H2,1-2H3,(H,22,23). The Hall–Kier alpha value is -2.30. The third-order valence-corrected chi connectivity index (χ3v) is 4.49. The number of carbonyl (C=O) groups is 2. The van der Waals surface area contributed by atoms with Gasteiger partial charge in [-0.3, -0.25) is 9.59 Å². The fraction of sp³-hybridized carbons (Fsp3) is 0.444. The molecule has 1 aromatic heterocycles. The molecule has 23 heavy (non-hydrogen) atoms. The number of carboxylic acid groups (broad SMARTS) is 1. The quantitative estimate of drug-likeness (QED) is 0.891. The average molecular weight is 314 g/mol. The molecule has 2 aromatic rings. The van der Waals surface area contributed by atoms with E-state index >= 15 is 0 Å². The van der Waals surface area contributed by atoms with E-state index in [-0.39, 0.29) is 18.5 Å². The summed E-state index contributed by atoms with van der Waals surface area (Å²) in [7, 11) is 0. The van der Waals surface area contributed by atoms with Crippen molar-refractivity contribution in [3.63, 3.8) is 0 Å². The number of amides is 1. The van der Waals surface area contributed by atoms with Gasteiger partial charge in [0.05, 0.1) is 5.92 Å². The molecule has 0 bridgehead atoms. The number of carbonyl (C=O) groups excluding carboxylic acids is 1. The van der Waals surface area contributed by atoms with Crippen molar-refractivity contribution < 1.29 is 14.7 Å². The van der Waals surface area contributed by atoms with E-state index in [4.69, 9.17) is 5.11 Å². The zero-order valence-electron chi connectivity index (χ0n) is 13.5. The fourth-order valence-electron chi connectivity index (χ4n) is 3.03. The molecule has 5 nitrogen and oxygen atoms in total. The largest absolute Gasteiger partial charge is 0.481 e. The van der Waals surface area contributed by atoms with Gasteiger partial charge in [-0.25, -0.2) is 0 Å². The van der Waals surface area contributed by atoms with Crippen molar-refractivity contribution in [2.24, 2.45) is 5.92 Å². The average Bonchev–Trinajstić information content (AvgIpc) is 3.31. The molecule has 1 saturated carbocycles. The second-order valence-electron chi connectivity index (χ2n) is 6.26. The lowest BCUT2D eigenvalue weighted by atomic mass is 10.1. The first-order valence-corrected chi connectivity index (χ1v) is 8.15. The maximum atomic E-state index is 13.0. The van der Waals surface area contributed by atoms with Gasteiger partial charge in [-0.2, -0.15) is 0 Å². The third-order valence-electron chi connectivity index (χ3n) is 4.49. The van der Waals surface area contributed by atoms with Crippen LogP contribution in [0.4, 0.5) is 0 Å². The number of aromatic nitrogens is 1. The van der Waals surface area contributed by atoms with E-state index in [1.165, 1.54) is 0 Å². The van der Waals surface area contributed by atoms with E-state index in [1.54, 1.807) is 11.8 Å². The molecule has 0 radical (unpaired) electrons. The maximum absolute atomic E-state index is 13.0. The number of aryl methyl sites for hydroxylation is 1. The van der Waals surface area contributed by atoms with Gasteiger partial charge in [0.15, 0.2) is 0 Å². The van der Waals surface area contributed by atoms with Crippen molar-refractivity contribution in [3.8, 4) is 0 Å². The molecule has 1 atom stereocenters. The van der Waals surface area contributed by atoms with Gasteiger partial charge in [0.1, 0.15) is 5.69 Å². The first-order valence-electron chi connectivity index (χ1n) is 8.15. The van der Waals surface area contributed by atoms with Crippen molar-refractivity contribution in [2.75, 3.05) is 6.54 Å². The lowest BCUT2D eigenvalue weighted by Gasteiger charge is -2.25. The minimum absolute atomic E-state index is 0.0568. The van der Waals surface area contributed by atoms with Crippen LogP contribution in [0.25, 0.3) is 10.9 Å². The molecule has 0 saturated heterocycles. The molecule has 1 heterocycles. The van der Waals surface area contributed by atoms with Gasteiger partial charge in [0.2, 0.25) is 0 Å². The predicted molar refractivity (Wildman–Crippen MR) is 88.5 cm³/mol. The van der Waals surface area contributed by atoms with E-state index < -0.39 is 11.9 Å². The Morgan fingerprint density at radius 1 is 1.35 bits per heavy atom. The Balaban J connectivity index is 1.95. The summed E-state index contributed by atoms with van der Waals surface area (Å²) in [6, 6.07) is 10.0. The third kappa shape index (κ3) is 2.96. The van der Waals surface area contributed by atoms with Crippen LogP contribution in [0.1, 0.15) is 37.2 Å². The number of aliphatic carboxylic acids is 1. The van der Waals surface area contributed by atoms with Crippen molar-refractivity contribution >= 4 is 22.8 Å². The molecule has 1 amide bonds. The lowest BCUT2D eigenvalue weighted by Crippen LogP contribution is -2.39. The minimum atomic E-state index is -0.862. The fourth-order valence-corrected chi connectivity index (χ4v) is 3.03. The molecule has 1 fully saturated rings. The Kier molecular flexibility index (Phi) is 4.11. The molecule has 1 unspecified atom stereocenters. The molecule has 122 valence electrons. The zero-order valence-corrected chi connectivity index (χ0v) is 13.5. The van der Waals surface area contributed by atoms with Crippen LogP contribution >= 0.6 is 0 Å². The van der Waals surface area contributed by atoms with Crippen LogP contribution in [0, 0.1) is 5.92 Å². The zero-order chi connectivity index (χ0) is 16.6. The predicted octanol–water partition coefficient (Wildman–Crippen LogP) is 2.99. The van der Waals surface area contributed by atoms with Crippen LogP contribution < -0.4 is 0 Å². The van der Waals surface area contributed by atoms with Crippen LogP contribution in [-0.2, 0) is 11.3 Å². The summed E-state index contributed by atoms with van der Waals surface area (Å²) in [5, 5.41) is 10.2. The van der Waals surface area contributed by atoms with Crippen molar-refractivity contribution in [1.82, 2.24) is 9.47 Å². The van der Waals surface area contributed by atoms with Gasteiger partial charge in [0.25, 0.3) is 5.91 Å². The maximum Gasteiger partial charge on any atom is 0.308 e. The highest BCUT2D eigenvalue weighted by Gasteiger charge is 2.36. The van der Waals surface area contributed by atoms with Crippen molar-refractivity contribution in [3.05, 3.63) is 36.0 Å². The van der Waals surface area contributed by atoms with E-state index in [9.17, 15) is 9.59 Å². The SMILES string of the molecule is CCn1c(C(=O)N(CC(C)C(=O)O)C2CC2)cc2ccccc21. The second-order valence-corrected chi connectivity index (χ2v) is 6.26. The van der Waals surface area contributed by atoms with Crippen molar-refractivity contribution in [1.29, 1.82) is 0 Å². The number of nitrogens with zero attached hydrogens (tertiary/aromatic N) is 2. The smallest absolute Gasteiger partial charge is 0.308 e. The number of benzene rings is 1. The van der Waals surface area contributed by atoms with E-state index in [0.29, 0.717) is 12.2 Å². The molecular formula is C18H22N2O3. The molecule has 1 N–H and O–H groups in total. The van der Waals surface area contributed by atoms with Gasteiger partial charge < -0.3 is 14.6 Å². The summed E-state index contributed by atoms with van der Waals surface area (Å²) in [6.45, 7) is 4.65.